The van der Waals surface area contributed by atoms with Crippen molar-refractivity contribution < 1.29 is 9.18 Å². The Morgan fingerprint density at radius 3 is 2.27 bits per heavy atom. The summed E-state index contributed by atoms with van der Waals surface area (Å²) in [5.74, 6) is 1.02. The molecule has 5 nitrogen and oxygen atoms in total. The van der Waals surface area contributed by atoms with Gasteiger partial charge in [0.15, 0.2) is 6.19 Å². The van der Waals surface area contributed by atoms with Crippen molar-refractivity contribution in [3.8, 4) is 6.19 Å². The Kier molecular flexibility index (Phi) is 17.3. The van der Waals surface area contributed by atoms with Crippen molar-refractivity contribution in [2.75, 3.05) is 25.0 Å². The van der Waals surface area contributed by atoms with Crippen molar-refractivity contribution in [2.24, 2.45) is 11.8 Å². The molecule has 1 heterocycles. The zero-order valence-electron chi connectivity index (χ0n) is 24.6. The number of nitrogens with one attached hydrogen (secondary N) is 2. The van der Waals surface area contributed by atoms with Gasteiger partial charge in [-0.05, 0) is 76.6 Å². The lowest BCUT2D eigenvalue weighted by molar-refractivity contribution is -0.121. The van der Waals surface area contributed by atoms with Gasteiger partial charge in [0.1, 0.15) is 11.6 Å². The second-order valence-electron chi connectivity index (χ2n) is 10.9. The molecule has 0 aliphatic carbocycles. The van der Waals surface area contributed by atoms with Crippen LogP contribution >= 0.6 is 9.24 Å². The average molecular weight is 535 g/mol. The fourth-order valence-electron chi connectivity index (χ4n) is 4.16. The summed E-state index contributed by atoms with van der Waals surface area (Å²) in [6, 6.07) is 2.93. The van der Waals surface area contributed by atoms with Crippen LogP contribution in [0.1, 0.15) is 105 Å². The van der Waals surface area contributed by atoms with Crippen LogP contribution in [0, 0.1) is 41.4 Å². The van der Waals surface area contributed by atoms with Crippen LogP contribution in [0.5, 0.6) is 0 Å². The summed E-state index contributed by atoms with van der Waals surface area (Å²) >= 11 is 0. The van der Waals surface area contributed by atoms with Crippen LogP contribution in [0.2, 0.25) is 0 Å². The number of unbranched alkanes of at least 4 members (excludes halogenated alkanes) is 3. The van der Waals surface area contributed by atoms with Gasteiger partial charge in [0, 0.05) is 42.1 Å². The van der Waals surface area contributed by atoms with Crippen molar-refractivity contribution in [1.29, 1.82) is 10.7 Å². The third-order valence-electron chi connectivity index (χ3n) is 7.00. The molecule has 2 N–H and O–H groups in total. The van der Waals surface area contributed by atoms with Gasteiger partial charge in [0.25, 0.3) is 0 Å². The number of piperidine rings is 1. The number of anilines is 1. The minimum absolute atomic E-state index is 0.0358. The maximum absolute atomic E-state index is 13.6. The summed E-state index contributed by atoms with van der Waals surface area (Å²) in [6.45, 7) is 18.3. The lowest BCUT2D eigenvalue weighted by Crippen LogP contribution is -2.31. The highest BCUT2D eigenvalue weighted by atomic mass is 31.0. The zero-order chi connectivity index (χ0) is 28.6. The maximum atomic E-state index is 13.6. The van der Waals surface area contributed by atoms with Crippen molar-refractivity contribution in [1.82, 2.24) is 4.90 Å². The molecule has 210 valence electrons. The third-order valence-corrected chi connectivity index (χ3v) is 7.48. The number of hydrogen-bond donors (Lipinski definition) is 2. The molecule has 1 fully saturated rings. The molecule has 1 aromatic rings. The van der Waals surface area contributed by atoms with E-state index in [2.05, 4.69) is 41.5 Å². The molecule has 0 amide bonds. The number of hydrogen-bond acceptors (Lipinski definition) is 5. The van der Waals surface area contributed by atoms with E-state index in [4.69, 9.17) is 10.7 Å². The van der Waals surface area contributed by atoms with Gasteiger partial charge < -0.3 is 15.6 Å². The van der Waals surface area contributed by atoms with E-state index in [0.717, 1.165) is 55.2 Å². The standard InChI is InChI=1S/C14H20FNO.C9H20.C7H12N3P/c1-6-16-13-8-11(15)7-12(9(13)2)14(4,5)10(3)17;1-4-5-6-7-8-9(2)3;8-5-10-3-1-6(2-4-10)7(9)11/h7-8,16H,6H2,1-5H3;9H,4-8H2,1-3H3;6,9H,1-4,11H2. The topological polar surface area (TPSA) is 80.0 Å². The first kappa shape index (κ1) is 35.0. The number of benzene rings is 1. The molecule has 0 spiro atoms. The van der Waals surface area contributed by atoms with E-state index >= 15 is 0 Å². The van der Waals surface area contributed by atoms with Crippen LogP contribution in [0.15, 0.2) is 12.1 Å². The number of ketones is 1. The summed E-state index contributed by atoms with van der Waals surface area (Å²) in [6.07, 6.45) is 11.1. The van der Waals surface area contributed by atoms with E-state index in [1.807, 2.05) is 27.7 Å². The van der Waals surface area contributed by atoms with E-state index in [-0.39, 0.29) is 11.6 Å². The van der Waals surface area contributed by atoms with Crippen LogP contribution in [-0.2, 0) is 10.2 Å². The molecule has 0 radical (unpaired) electrons. The molecule has 2 rings (SSSR count). The predicted molar refractivity (Wildman–Crippen MR) is 160 cm³/mol. The van der Waals surface area contributed by atoms with Crippen molar-refractivity contribution in [3.05, 3.63) is 29.1 Å². The Morgan fingerprint density at radius 2 is 1.84 bits per heavy atom. The second-order valence-corrected chi connectivity index (χ2v) is 11.5. The SMILES string of the molecule is CCCCCCC(C)C.CCNc1cc(F)cc(C(C)(C)C(C)=O)c1C.N#CN1CCC(C(=N)P)CC1. The summed E-state index contributed by atoms with van der Waals surface area (Å²) in [7, 11) is 2.43. The smallest absolute Gasteiger partial charge is 0.179 e. The van der Waals surface area contributed by atoms with Gasteiger partial charge in [-0.15, -0.1) is 0 Å². The van der Waals surface area contributed by atoms with Crippen LogP contribution in [0.25, 0.3) is 0 Å². The first-order valence-corrected chi connectivity index (χ1v) is 14.4. The second kappa shape index (κ2) is 18.3. The van der Waals surface area contributed by atoms with Gasteiger partial charge in [0.05, 0.1) is 0 Å². The van der Waals surface area contributed by atoms with Gasteiger partial charge in [0.2, 0.25) is 0 Å². The Bertz CT molecular complexity index is 871. The van der Waals surface area contributed by atoms with E-state index in [1.165, 1.54) is 51.2 Å². The number of rotatable bonds is 10. The molecule has 1 unspecified atom stereocenters. The largest absolute Gasteiger partial charge is 0.385 e. The molecule has 1 aromatic carbocycles. The number of carbonyl (C=O) groups excluding carboxylic acids is 1. The van der Waals surface area contributed by atoms with Crippen LogP contribution in [0.4, 0.5) is 10.1 Å². The number of halogens is 1. The Morgan fingerprint density at radius 1 is 1.24 bits per heavy atom. The number of nitrogens with zero attached hydrogens (tertiary/aromatic N) is 2. The molecule has 0 aromatic heterocycles. The first-order chi connectivity index (χ1) is 17.3. The highest BCUT2D eigenvalue weighted by Gasteiger charge is 2.29. The molecular weight excluding hydrogens is 482 g/mol. The zero-order valence-corrected chi connectivity index (χ0v) is 25.8. The lowest BCUT2D eigenvalue weighted by atomic mass is 9.78. The molecule has 1 atom stereocenters. The minimum Gasteiger partial charge on any atom is -0.385 e. The monoisotopic (exact) mass is 534 g/mol. The van der Waals surface area contributed by atoms with Gasteiger partial charge in [-0.2, -0.15) is 5.26 Å². The third kappa shape index (κ3) is 13.4. The number of likely N-dealkylation sites (tertiary alicyclic amines) is 1. The number of Topliss-reactive ketones (excluding diaryl/α,β-unsaturated/α-hetero) is 1. The van der Waals surface area contributed by atoms with Crippen LogP contribution in [-0.4, -0.2) is 35.8 Å². The first-order valence-electron chi connectivity index (χ1n) is 13.9. The molecule has 37 heavy (non-hydrogen) atoms. The van der Waals surface area contributed by atoms with E-state index in [9.17, 15) is 9.18 Å². The average Bonchev–Trinajstić information content (AvgIpc) is 2.84. The van der Waals surface area contributed by atoms with Crippen molar-refractivity contribution >= 4 is 26.2 Å². The van der Waals surface area contributed by atoms with Crippen LogP contribution < -0.4 is 5.32 Å². The van der Waals surface area contributed by atoms with Gasteiger partial charge in [-0.1, -0.05) is 62.1 Å². The summed E-state index contributed by atoms with van der Waals surface area (Å²) in [5, 5.41) is 19.0. The highest BCUT2D eigenvalue weighted by molar-refractivity contribution is 7.40. The van der Waals surface area contributed by atoms with Gasteiger partial charge in [-0.3, -0.25) is 4.79 Å². The Hall–Kier alpha value is -1.99. The minimum atomic E-state index is -0.656. The molecule has 0 bridgehead atoms. The molecule has 1 saturated heterocycles. The summed E-state index contributed by atoms with van der Waals surface area (Å²) in [4.78, 5) is 13.4. The molecule has 0 saturated carbocycles. The van der Waals surface area contributed by atoms with Gasteiger partial charge in [-0.25, -0.2) is 4.39 Å². The molecular formula is C30H52FN4OP. The van der Waals surface area contributed by atoms with Gasteiger partial charge >= 0.3 is 0 Å². The summed E-state index contributed by atoms with van der Waals surface area (Å²) in [5.41, 5.74) is 2.48. The molecule has 7 heteroatoms. The van der Waals surface area contributed by atoms with E-state index < -0.39 is 5.41 Å². The number of carbonyl (C=O) groups is 1. The fraction of sp³-hybridized carbons (Fsp3) is 0.700. The Balaban J connectivity index is 0.000000561. The predicted octanol–water partition coefficient (Wildman–Crippen LogP) is 8.08. The van der Waals surface area contributed by atoms with Crippen molar-refractivity contribution in [3.63, 3.8) is 0 Å². The molecule has 1 aliphatic heterocycles. The van der Waals surface area contributed by atoms with Crippen molar-refractivity contribution in [2.45, 2.75) is 106 Å². The highest BCUT2D eigenvalue weighted by Crippen LogP contribution is 2.32. The number of nitriles is 1. The van der Waals surface area contributed by atoms with E-state index in [0.29, 0.717) is 11.4 Å². The molecule has 1 aliphatic rings. The Labute approximate surface area is 228 Å². The lowest BCUT2D eigenvalue weighted by Gasteiger charge is -2.27. The normalized spacial score (nSPS) is 13.6. The summed E-state index contributed by atoms with van der Waals surface area (Å²) < 4.78 is 13.6. The van der Waals surface area contributed by atoms with E-state index in [1.54, 1.807) is 4.90 Å². The van der Waals surface area contributed by atoms with Crippen LogP contribution in [0.3, 0.4) is 0 Å². The fourth-order valence-corrected chi connectivity index (χ4v) is 4.50. The maximum Gasteiger partial charge on any atom is 0.179 e. The quantitative estimate of drug-likeness (QED) is 0.138.